The van der Waals surface area contributed by atoms with Gasteiger partial charge in [0.1, 0.15) is 0 Å². The van der Waals surface area contributed by atoms with Crippen LogP contribution in [0.5, 0.6) is 0 Å². The van der Waals surface area contributed by atoms with Gasteiger partial charge in [0.25, 0.3) is 0 Å². The molecule has 5 nitrogen and oxygen atoms in total. The highest BCUT2D eigenvalue weighted by molar-refractivity contribution is 5.85. The molecule has 0 saturated carbocycles. The van der Waals surface area contributed by atoms with E-state index in [0.29, 0.717) is 6.54 Å². The van der Waals surface area contributed by atoms with Crippen LogP contribution in [0.15, 0.2) is 24.3 Å². The molecular formula is C18H26N4O. The van der Waals surface area contributed by atoms with Gasteiger partial charge in [-0.15, -0.1) is 0 Å². The van der Waals surface area contributed by atoms with E-state index in [2.05, 4.69) is 39.0 Å². The first-order valence-corrected chi connectivity index (χ1v) is 8.24. The molecule has 1 aromatic carbocycles. The molecule has 0 aliphatic carbocycles. The predicted octanol–water partition coefficient (Wildman–Crippen LogP) is 1.55. The van der Waals surface area contributed by atoms with Gasteiger partial charge >= 0.3 is 0 Å². The first-order valence-electron chi connectivity index (χ1n) is 8.24. The normalized spacial score (nSPS) is 15.1. The maximum atomic E-state index is 12.4. The number of aromatic amines is 1. The van der Waals surface area contributed by atoms with Crippen molar-refractivity contribution in [3.8, 4) is 0 Å². The minimum Gasteiger partial charge on any atom is -0.357 e. The summed E-state index contributed by atoms with van der Waals surface area (Å²) in [5, 5.41) is 1.33. The van der Waals surface area contributed by atoms with Crippen molar-refractivity contribution in [3.05, 3.63) is 35.5 Å². The number of carbonyl (C=O) groups is 1. The number of benzene rings is 1. The zero-order chi connectivity index (χ0) is 16.4. The van der Waals surface area contributed by atoms with Gasteiger partial charge < -0.3 is 14.8 Å². The number of hydrogen-bond acceptors (Lipinski definition) is 3. The summed E-state index contributed by atoms with van der Waals surface area (Å²) in [7, 11) is 5.95. The number of fused-ring (bicyclic) bond motifs is 3. The summed E-state index contributed by atoms with van der Waals surface area (Å²) in [5.41, 5.74) is 3.89. The van der Waals surface area contributed by atoms with Gasteiger partial charge in [-0.05, 0) is 32.1 Å². The lowest BCUT2D eigenvalue weighted by molar-refractivity contribution is -0.131. The van der Waals surface area contributed by atoms with Crippen LogP contribution < -0.4 is 0 Å². The van der Waals surface area contributed by atoms with Gasteiger partial charge in [0.05, 0.1) is 6.54 Å². The van der Waals surface area contributed by atoms with Gasteiger partial charge in [0, 0.05) is 49.8 Å². The number of para-hydroxylation sites is 1. The molecule has 1 aliphatic rings. The molecule has 2 aromatic rings. The van der Waals surface area contributed by atoms with E-state index < -0.39 is 0 Å². The lowest BCUT2D eigenvalue weighted by Gasteiger charge is -2.28. The molecule has 3 rings (SSSR count). The lowest BCUT2D eigenvalue weighted by atomic mass is 10.0. The SMILES string of the molecule is CN(C)CCN(C)C(=O)CN1CCc2c([nH]c3ccccc23)C1. The molecule has 0 atom stereocenters. The molecule has 1 aliphatic heterocycles. The Morgan fingerprint density at radius 3 is 2.78 bits per heavy atom. The number of hydrogen-bond donors (Lipinski definition) is 1. The first kappa shape index (κ1) is 16.0. The Balaban J connectivity index is 1.62. The van der Waals surface area contributed by atoms with Crippen molar-refractivity contribution in [1.29, 1.82) is 0 Å². The molecule has 0 saturated heterocycles. The average molecular weight is 314 g/mol. The summed E-state index contributed by atoms with van der Waals surface area (Å²) in [6.45, 7) is 3.95. The zero-order valence-electron chi connectivity index (χ0n) is 14.3. The molecular weight excluding hydrogens is 288 g/mol. The Hall–Kier alpha value is -1.85. The van der Waals surface area contributed by atoms with E-state index in [1.54, 1.807) is 0 Å². The maximum absolute atomic E-state index is 12.4. The summed E-state index contributed by atoms with van der Waals surface area (Å²) in [5.74, 6) is 0.200. The Morgan fingerprint density at radius 2 is 2.00 bits per heavy atom. The summed E-state index contributed by atoms with van der Waals surface area (Å²) in [4.78, 5) is 22.1. The average Bonchev–Trinajstić information content (AvgIpc) is 2.90. The van der Waals surface area contributed by atoms with Crippen molar-refractivity contribution in [3.63, 3.8) is 0 Å². The molecule has 124 valence electrons. The molecule has 5 heteroatoms. The fourth-order valence-electron chi connectivity index (χ4n) is 3.17. The van der Waals surface area contributed by atoms with E-state index in [-0.39, 0.29) is 5.91 Å². The molecule has 0 spiro atoms. The third-order valence-corrected chi connectivity index (χ3v) is 4.63. The largest absolute Gasteiger partial charge is 0.357 e. The van der Waals surface area contributed by atoms with Crippen LogP contribution in [0.4, 0.5) is 0 Å². The van der Waals surface area contributed by atoms with Gasteiger partial charge in [-0.3, -0.25) is 9.69 Å². The topological polar surface area (TPSA) is 42.6 Å². The van der Waals surface area contributed by atoms with Crippen LogP contribution in [0, 0.1) is 0 Å². The number of carbonyl (C=O) groups excluding carboxylic acids is 1. The first-order chi connectivity index (χ1) is 11.0. The molecule has 1 aromatic heterocycles. The fraction of sp³-hybridized carbons (Fsp3) is 0.500. The van der Waals surface area contributed by atoms with Crippen molar-refractivity contribution in [1.82, 2.24) is 19.7 Å². The van der Waals surface area contributed by atoms with Crippen LogP contribution in [0.25, 0.3) is 10.9 Å². The summed E-state index contributed by atoms with van der Waals surface area (Å²) in [6.07, 6.45) is 1.01. The van der Waals surface area contributed by atoms with Gasteiger partial charge in [0.2, 0.25) is 5.91 Å². The van der Waals surface area contributed by atoms with Crippen LogP contribution in [0.3, 0.4) is 0 Å². The van der Waals surface area contributed by atoms with Gasteiger partial charge in [-0.1, -0.05) is 18.2 Å². The third-order valence-electron chi connectivity index (χ3n) is 4.63. The minimum absolute atomic E-state index is 0.200. The molecule has 0 bridgehead atoms. The van der Waals surface area contributed by atoms with Crippen molar-refractivity contribution in [2.45, 2.75) is 13.0 Å². The zero-order valence-corrected chi connectivity index (χ0v) is 14.3. The van der Waals surface area contributed by atoms with E-state index in [9.17, 15) is 4.79 Å². The van der Waals surface area contributed by atoms with Crippen LogP contribution in [0.1, 0.15) is 11.3 Å². The monoisotopic (exact) mass is 314 g/mol. The van der Waals surface area contributed by atoms with Gasteiger partial charge in [-0.25, -0.2) is 0 Å². The van der Waals surface area contributed by atoms with E-state index in [1.807, 2.05) is 26.0 Å². The van der Waals surface area contributed by atoms with Crippen molar-refractivity contribution < 1.29 is 4.79 Å². The van der Waals surface area contributed by atoms with E-state index in [0.717, 1.165) is 32.6 Å². The van der Waals surface area contributed by atoms with Gasteiger partial charge in [-0.2, -0.15) is 0 Å². The molecule has 1 amide bonds. The lowest BCUT2D eigenvalue weighted by Crippen LogP contribution is -2.42. The van der Waals surface area contributed by atoms with E-state index >= 15 is 0 Å². The highest BCUT2D eigenvalue weighted by Crippen LogP contribution is 2.27. The smallest absolute Gasteiger partial charge is 0.236 e. The molecule has 0 unspecified atom stereocenters. The Labute approximate surface area is 137 Å². The minimum atomic E-state index is 0.200. The number of amides is 1. The second kappa shape index (κ2) is 6.72. The molecule has 1 N–H and O–H groups in total. The number of likely N-dealkylation sites (N-methyl/N-ethyl adjacent to an activating group) is 2. The number of aromatic nitrogens is 1. The predicted molar refractivity (Wildman–Crippen MR) is 93.5 cm³/mol. The van der Waals surface area contributed by atoms with Crippen molar-refractivity contribution in [2.75, 3.05) is 47.3 Å². The van der Waals surface area contributed by atoms with Crippen LogP contribution in [0.2, 0.25) is 0 Å². The van der Waals surface area contributed by atoms with Crippen molar-refractivity contribution >= 4 is 16.8 Å². The standard InChI is InChI=1S/C18H26N4O/c1-20(2)10-11-21(3)18(23)13-22-9-8-15-14-6-4-5-7-16(14)19-17(15)12-22/h4-7,19H,8-13H2,1-3H3. The summed E-state index contributed by atoms with van der Waals surface area (Å²) < 4.78 is 0. The Bertz CT molecular complexity index is 691. The van der Waals surface area contributed by atoms with Crippen molar-refractivity contribution in [2.24, 2.45) is 0 Å². The maximum Gasteiger partial charge on any atom is 0.236 e. The summed E-state index contributed by atoms with van der Waals surface area (Å²) in [6, 6.07) is 8.45. The van der Waals surface area contributed by atoms with Crippen LogP contribution >= 0.6 is 0 Å². The molecule has 2 heterocycles. The quantitative estimate of drug-likeness (QED) is 0.910. The van der Waals surface area contributed by atoms with E-state index in [4.69, 9.17) is 0 Å². The highest BCUT2D eigenvalue weighted by Gasteiger charge is 2.22. The molecule has 23 heavy (non-hydrogen) atoms. The Kier molecular flexibility index (Phi) is 4.68. The number of rotatable bonds is 5. The van der Waals surface area contributed by atoms with Gasteiger partial charge in [0.15, 0.2) is 0 Å². The van der Waals surface area contributed by atoms with Crippen LogP contribution in [-0.2, 0) is 17.8 Å². The summed E-state index contributed by atoms with van der Waals surface area (Å²) >= 11 is 0. The highest BCUT2D eigenvalue weighted by atomic mass is 16.2. The number of nitrogens with zero attached hydrogens (tertiary/aromatic N) is 3. The Morgan fingerprint density at radius 1 is 1.22 bits per heavy atom. The fourth-order valence-corrected chi connectivity index (χ4v) is 3.17. The second-order valence-electron chi connectivity index (χ2n) is 6.71. The van der Waals surface area contributed by atoms with E-state index in [1.165, 1.54) is 22.2 Å². The number of H-pyrrole nitrogens is 1. The number of nitrogens with one attached hydrogen (secondary N) is 1. The molecule has 0 fully saturated rings. The third kappa shape index (κ3) is 3.57. The molecule has 0 radical (unpaired) electrons. The second-order valence-corrected chi connectivity index (χ2v) is 6.71. The van der Waals surface area contributed by atoms with Crippen LogP contribution in [-0.4, -0.2) is 72.9 Å².